The second-order valence-corrected chi connectivity index (χ2v) is 6.46. The SMILES string of the molecule is CC(Oc1ccc(Br)cc1CCN)C(=O)NC1CCCC1. The zero-order valence-electron chi connectivity index (χ0n) is 12.4. The normalized spacial score (nSPS) is 16.7. The average molecular weight is 355 g/mol. The number of rotatable bonds is 6. The maximum absolute atomic E-state index is 12.2. The van der Waals surface area contributed by atoms with Crippen LogP contribution in [0.15, 0.2) is 22.7 Å². The quantitative estimate of drug-likeness (QED) is 0.825. The summed E-state index contributed by atoms with van der Waals surface area (Å²) in [5, 5.41) is 3.06. The highest BCUT2D eigenvalue weighted by Crippen LogP contribution is 2.25. The van der Waals surface area contributed by atoms with Gasteiger partial charge in [-0.25, -0.2) is 0 Å². The predicted octanol–water partition coefficient (Wildman–Crippen LogP) is 2.78. The van der Waals surface area contributed by atoms with Crippen molar-refractivity contribution in [3.05, 3.63) is 28.2 Å². The molecule has 21 heavy (non-hydrogen) atoms. The lowest BCUT2D eigenvalue weighted by Gasteiger charge is -2.19. The molecule has 5 heteroatoms. The average Bonchev–Trinajstić information content (AvgIpc) is 2.95. The molecule has 116 valence electrons. The molecule has 1 saturated carbocycles. The summed E-state index contributed by atoms with van der Waals surface area (Å²) in [7, 11) is 0. The van der Waals surface area contributed by atoms with Crippen molar-refractivity contribution in [2.24, 2.45) is 5.73 Å². The molecule has 0 saturated heterocycles. The zero-order valence-corrected chi connectivity index (χ0v) is 14.0. The lowest BCUT2D eigenvalue weighted by Crippen LogP contribution is -2.41. The minimum Gasteiger partial charge on any atom is -0.481 e. The van der Waals surface area contributed by atoms with Crippen molar-refractivity contribution in [2.75, 3.05) is 6.54 Å². The predicted molar refractivity (Wildman–Crippen MR) is 87.4 cm³/mol. The summed E-state index contributed by atoms with van der Waals surface area (Å²) in [6.45, 7) is 2.34. The van der Waals surface area contributed by atoms with E-state index < -0.39 is 6.10 Å². The van der Waals surface area contributed by atoms with Gasteiger partial charge in [0.15, 0.2) is 6.10 Å². The Morgan fingerprint density at radius 1 is 1.48 bits per heavy atom. The Bertz CT molecular complexity index is 487. The molecule has 0 aromatic heterocycles. The van der Waals surface area contributed by atoms with Gasteiger partial charge in [-0.05, 0) is 56.5 Å². The van der Waals surface area contributed by atoms with E-state index in [4.69, 9.17) is 10.5 Å². The number of halogens is 1. The molecule has 0 aliphatic heterocycles. The van der Waals surface area contributed by atoms with Crippen molar-refractivity contribution in [3.8, 4) is 5.75 Å². The molecule has 1 aromatic rings. The van der Waals surface area contributed by atoms with E-state index in [0.29, 0.717) is 12.6 Å². The van der Waals surface area contributed by atoms with Crippen LogP contribution in [0.1, 0.15) is 38.2 Å². The van der Waals surface area contributed by atoms with E-state index in [0.717, 1.165) is 35.0 Å². The minimum atomic E-state index is -0.497. The smallest absolute Gasteiger partial charge is 0.260 e. The number of nitrogens with two attached hydrogens (primary N) is 1. The van der Waals surface area contributed by atoms with Gasteiger partial charge >= 0.3 is 0 Å². The third kappa shape index (κ3) is 4.71. The summed E-state index contributed by atoms with van der Waals surface area (Å²) in [5.74, 6) is 0.696. The molecular formula is C16H23BrN2O2. The van der Waals surface area contributed by atoms with Crippen molar-refractivity contribution in [1.82, 2.24) is 5.32 Å². The topological polar surface area (TPSA) is 64.3 Å². The molecule has 1 aromatic carbocycles. The van der Waals surface area contributed by atoms with Crippen LogP contribution in [0.25, 0.3) is 0 Å². The van der Waals surface area contributed by atoms with Gasteiger partial charge in [-0.1, -0.05) is 28.8 Å². The first kappa shape index (κ1) is 16.3. The molecular weight excluding hydrogens is 332 g/mol. The third-order valence-electron chi connectivity index (χ3n) is 3.81. The van der Waals surface area contributed by atoms with Gasteiger partial charge in [-0.3, -0.25) is 4.79 Å². The zero-order chi connectivity index (χ0) is 15.2. The van der Waals surface area contributed by atoms with Gasteiger partial charge in [-0.15, -0.1) is 0 Å². The molecule has 1 amide bonds. The Labute approximate surface area is 134 Å². The molecule has 1 unspecified atom stereocenters. The number of amides is 1. The molecule has 4 nitrogen and oxygen atoms in total. The monoisotopic (exact) mass is 354 g/mol. The number of benzene rings is 1. The fraction of sp³-hybridized carbons (Fsp3) is 0.562. The molecule has 2 rings (SSSR count). The first-order valence-corrected chi connectivity index (χ1v) is 8.35. The lowest BCUT2D eigenvalue weighted by atomic mass is 10.1. The van der Waals surface area contributed by atoms with Crippen molar-refractivity contribution >= 4 is 21.8 Å². The number of ether oxygens (including phenoxy) is 1. The third-order valence-corrected chi connectivity index (χ3v) is 4.30. The van der Waals surface area contributed by atoms with E-state index in [1.807, 2.05) is 18.2 Å². The fourth-order valence-corrected chi connectivity index (χ4v) is 3.06. The number of nitrogens with one attached hydrogen (secondary N) is 1. The first-order chi connectivity index (χ1) is 10.1. The van der Waals surface area contributed by atoms with Gasteiger partial charge in [0.05, 0.1) is 0 Å². The fourth-order valence-electron chi connectivity index (χ4n) is 2.65. The number of carbonyl (C=O) groups is 1. The highest BCUT2D eigenvalue weighted by molar-refractivity contribution is 9.10. The minimum absolute atomic E-state index is 0.0384. The van der Waals surface area contributed by atoms with Gasteiger partial charge < -0.3 is 15.8 Å². The first-order valence-electron chi connectivity index (χ1n) is 7.55. The van der Waals surface area contributed by atoms with Crippen LogP contribution in [-0.2, 0) is 11.2 Å². The maximum atomic E-state index is 12.2. The van der Waals surface area contributed by atoms with Crippen molar-refractivity contribution in [2.45, 2.75) is 51.2 Å². The van der Waals surface area contributed by atoms with Gasteiger partial charge in [0, 0.05) is 10.5 Å². The van der Waals surface area contributed by atoms with E-state index in [9.17, 15) is 4.79 Å². The standard InChI is InChI=1S/C16H23BrN2O2/c1-11(16(20)19-14-4-2-3-5-14)21-15-7-6-13(17)10-12(15)8-9-18/h6-7,10-11,14H,2-5,8-9,18H2,1H3,(H,19,20). The summed E-state index contributed by atoms with van der Waals surface area (Å²) in [4.78, 5) is 12.2. The Kier molecular flexibility index (Phi) is 6.06. The van der Waals surface area contributed by atoms with Gasteiger partial charge in [0.2, 0.25) is 0 Å². The van der Waals surface area contributed by atoms with Crippen molar-refractivity contribution in [1.29, 1.82) is 0 Å². The molecule has 0 radical (unpaired) electrons. The largest absolute Gasteiger partial charge is 0.481 e. The molecule has 0 spiro atoms. The molecule has 1 aliphatic rings. The maximum Gasteiger partial charge on any atom is 0.260 e. The van der Waals surface area contributed by atoms with E-state index in [2.05, 4.69) is 21.2 Å². The van der Waals surface area contributed by atoms with Crippen LogP contribution >= 0.6 is 15.9 Å². The summed E-state index contributed by atoms with van der Waals surface area (Å²) in [6.07, 6.45) is 4.79. The summed E-state index contributed by atoms with van der Waals surface area (Å²) >= 11 is 3.44. The Hall–Kier alpha value is -1.07. The second kappa shape index (κ2) is 7.80. The van der Waals surface area contributed by atoms with Crippen molar-refractivity contribution in [3.63, 3.8) is 0 Å². The molecule has 1 atom stereocenters. The van der Waals surface area contributed by atoms with Crippen molar-refractivity contribution < 1.29 is 9.53 Å². The Morgan fingerprint density at radius 2 is 2.19 bits per heavy atom. The van der Waals surface area contributed by atoms with E-state index in [1.54, 1.807) is 6.92 Å². The van der Waals surface area contributed by atoms with Crippen LogP contribution < -0.4 is 15.8 Å². The Morgan fingerprint density at radius 3 is 2.86 bits per heavy atom. The van der Waals surface area contributed by atoms with E-state index >= 15 is 0 Å². The van der Waals surface area contributed by atoms with Crippen LogP contribution in [0.3, 0.4) is 0 Å². The molecule has 0 heterocycles. The molecule has 3 N–H and O–H groups in total. The highest BCUT2D eigenvalue weighted by Gasteiger charge is 2.22. The van der Waals surface area contributed by atoms with Crippen LogP contribution in [0.5, 0.6) is 5.75 Å². The molecule has 1 fully saturated rings. The summed E-state index contributed by atoms with van der Waals surface area (Å²) in [5.41, 5.74) is 6.65. The number of hydrogen-bond donors (Lipinski definition) is 2. The van der Waals surface area contributed by atoms with Crippen LogP contribution in [0.4, 0.5) is 0 Å². The van der Waals surface area contributed by atoms with Gasteiger partial charge in [0.1, 0.15) is 5.75 Å². The number of hydrogen-bond acceptors (Lipinski definition) is 3. The highest BCUT2D eigenvalue weighted by atomic mass is 79.9. The lowest BCUT2D eigenvalue weighted by molar-refractivity contribution is -0.127. The molecule has 0 bridgehead atoms. The molecule has 1 aliphatic carbocycles. The second-order valence-electron chi connectivity index (χ2n) is 5.54. The summed E-state index contributed by atoms with van der Waals surface area (Å²) in [6, 6.07) is 6.10. The van der Waals surface area contributed by atoms with Gasteiger partial charge in [0.25, 0.3) is 5.91 Å². The summed E-state index contributed by atoms with van der Waals surface area (Å²) < 4.78 is 6.82. The van der Waals surface area contributed by atoms with E-state index in [-0.39, 0.29) is 5.91 Å². The Balaban J connectivity index is 1.97. The van der Waals surface area contributed by atoms with E-state index in [1.165, 1.54) is 12.8 Å². The number of carbonyl (C=O) groups excluding carboxylic acids is 1. The van der Waals surface area contributed by atoms with Gasteiger partial charge in [-0.2, -0.15) is 0 Å². The van der Waals surface area contributed by atoms with Crippen LogP contribution in [0.2, 0.25) is 0 Å². The van der Waals surface area contributed by atoms with Crippen LogP contribution in [0, 0.1) is 0 Å². The van der Waals surface area contributed by atoms with Crippen LogP contribution in [-0.4, -0.2) is 24.6 Å².